The van der Waals surface area contributed by atoms with E-state index in [0.717, 1.165) is 25.6 Å². The molecule has 2 aliphatic rings. The van der Waals surface area contributed by atoms with Gasteiger partial charge in [-0.2, -0.15) is 0 Å². The van der Waals surface area contributed by atoms with Crippen LogP contribution < -0.4 is 5.32 Å². The fourth-order valence-corrected chi connectivity index (χ4v) is 3.45. The molecule has 0 spiro atoms. The summed E-state index contributed by atoms with van der Waals surface area (Å²) in [7, 11) is 0. The first-order valence-electron chi connectivity index (χ1n) is 6.66. The minimum Gasteiger partial charge on any atom is -0.506 e. The zero-order valence-corrected chi connectivity index (χ0v) is 11.2. The van der Waals surface area contributed by atoms with Crippen molar-refractivity contribution in [1.82, 2.24) is 10.2 Å². The molecular formula is C14H19ClN2O. The molecule has 1 aromatic carbocycles. The Balaban J connectivity index is 1.73. The van der Waals surface area contributed by atoms with Crippen LogP contribution in [0.4, 0.5) is 0 Å². The molecule has 0 amide bonds. The number of rotatable bonds is 2. The van der Waals surface area contributed by atoms with Gasteiger partial charge in [0.05, 0.1) is 5.02 Å². The van der Waals surface area contributed by atoms with Crippen molar-refractivity contribution in [3.8, 4) is 5.75 Å². The normalized spacial score (nSPS) is 28.3. The van der Waals surface area contributed by atoms with E-state index in [1.807, 2.05) is 12.1 Å². The maximum atomic E-state index is 9.44. The fourth-order valence-electron chi connectivity index (χ4n) is 3.24. The highest BCUT2D eigenvalue weighted by molar-refractivity contribution is 6.32. The van der Waals surface area contributed by atoms with E-state index in [-0.39, 0.29) is 5.75 Å². The average Bonchev–Trinajstić information content (AvgIpc) is 2.83. The number of halogens is 1. The third-order valence-electron chi connectivity index (χ3n) is 4.19. The zero-order chi connectivity index (χ0) is 12.5. The topological polar surface area (TPSA) is 35.5 Å². The summed E-state index contributed by atoms with van der Waals surface area (Å²) >= 11 is 5.96. The molecule has 2 heterocycles. The van der Waals surface area contributed by atoms with E-state index in [4.69, 9.17) is 11.6 Å². The minimum atomic E-state index is 0.166. The standard InChI is InChI=1S/C14H19ClN2O/c15-12-6-10(3-4-14(12)18)9-17-5-1-2-11-7-16-8-13(11)17/h3-4,6,11,13,16,18H,1-2,5,7-9H2. The summed E-state index contributed by atoms with van der Waals surface area (Å²) in [5, 5.41) is 13.4. The van der Waals surface area contributed by atoms with E-state index in [9.17, 15) is 5.11 Å². The molecule has 1 aromatic rings. The molecule has 2 unspecified atom stereocenters. The highest BCUT2D eigenvalue weighted by atomic mass is 35.5. The first kappa shape index (κ1) is 12.3. The monoisotopic (exact) mass is 266 g/mol. The Morgan fingerprint density at radius 3 is 3.11 bits per heavy atom. The van der Waals surface area contributed by atoms with Crippen LogP contribution in [0.15, 0.2) is 18.2 Å². The number of aromatic hydroxyl groups is 1. The van der Waals surface area contributed by atoms with Gasteiger partial charge in [-0.3, -0.25) is 4.90 Å². The zero-order valence-electron chi connectivity index (χ0n) is 10.4. The summed E-state index contributed by atoms with van der Waals surface area (Å²) in [6.07, 6.45) is 2.64. The van der Waals surface area contributed by atoms with Gasteiger partial charge in [0.1, 0.15) is 5.75 Å². The third-order valence-corrected chi connectivity index (χ3v) is 4.49. The molecule has 2 fully saturated rings. The number of hydrogen-bond donors (Lipinski definition) is 2. The lowest BCUT2D eigenvalue weighted by atomic mass is 9.91. The molecule has 4 heteroatoms. The van der Waals surface area contributed by atoms with Crippen molar-refractivity contribution in [2.75, 3.05) is 19.6 Å². The molecule has 0 aliphatic carbocycles. The van der Waals surface area contributed by atoms with Gasteiger partial charge in [0, 0.05) is 19.1 Å². The number of phenols is 1. The van der Waals surface area contributed by atoms with Crippen molar-refractivity contribution in [1.29, 1.82) is 0 Å². The second-order valence-electron chi connectivity index (χ2n) is 5.38. The van der Waals surface area contributed by atoms with Crippen LogP contribution in [-0.2, 0) is 6.54 Å². The third kappa shape index (κ3) is 2.35. The first-order chi connectivity index (χ1) is 8.74. The molecule has 0 saturated carbocycles. The lowest BCUT2D eigenvalue weighted by Gasteiger charge is -2.37. The van der Waals surface area contributed by atoms with Crippen LogP contribution in [0, 0.1) is 5.92 Å². The summed E-state index contributed by atoms with van der Waals surface area (Å²) in [4.78, 5) is 2.55. The highest BCUT2D eigenvalue weighted by Crippen LogP contribution is 2.29. The minimum absolute atomic E-state index is 0.166. The molecule has 0 radical (unpaired) electrons. The Morgan fingerprint density at radius 2 is 2.28 bits per heavy atom. The van der Waals surface area contributed by atoms with Gasteiger partial charge in [-0.15, -0.1) is 0 Å². The Hall–Kier alpha value is -0.770. The highest BCUT2D eigenvalue weighted by Gasteiger charge is 2.34. The maximum Gasteiger partial charge on any atom is 0.134 e. The number of phenolic OH excluding ortho intramolecular Hbond substituents is 1. The number of benzene rings is 1. The van der Waals surface area contributed by atoms with Gasteiger partial charge in [0.25, 0.3) is 0 Å². The molecule has 2 aliphatic heterocycles. The second-order valence-corrected chi connectivity index (χ2v) is 5.79. The molecule has 0 bridgehead atoms. The molecule has 2 atom stereocenters. The van der Waals surface area contributed by atoms with E-state index < -0.39 is 0 Å². The van der Waals surface area contributed by atoms with Crippen LogP contribution in [0.1, 0.15) is 18.4 Å². The van der Waals surface area contributed by atoms with Crippen LogP contribution in [0.25, 0.3) is 0 Å². The Labute approximate surface area is 113 Å². The van der Waals surface area contributed by atoms with Crippen molar-refractivity contribution in [2.45, 2.75) is 25.4 Å². The summed E-state index contributed by atoms with van der Waals surface area (Å²) in [5.74, 6) is 0.978. The molecule has 3 nitrogen and oxygen atoms in total. The van der Waals surface area contributed by atoms with Gasteiger partial charge in [-0.1, -0.05) is 17.7 Å². The van der Waals surface area contributed by atoms with Crippen molar-refractivity contribution >= 4 is 11.6 Å². The van der Waals surface area contributed by atoms with Crippen molar-refractivity contribution in [2.24, 2.45) is 5.92 Å². The van der Waals surface area contributed by atoms with Gasteiger partial charge in [-0.05, 0) is 49.5 Å². The van der Waals surface area contributed by atoms with E-state index in [1.165, 1.54) is 24.9 Å². The summed E-state index contributed by atoms with van der Waals surface area (Å²) in [6.45, 7) is 4.37. The lowest BCUT2D eigenvalue weighted by Crippen LogP contribution is -2.44. The molecule has 3 rings (SSSR count). The molecule has 2 saturated heterocycles. The number of hydrogen-bond acceptors (Lipinski definition) is 3. The van der Waals surface area contributed by atoms with Crippen LogP contribution in [-0.4, -0.2) is 35.7 Å². The van der Waals surface area contributed by atoms with E-state index in [0.29, 0.717) is 11.1 Å². The first-order valence-corrected chi connectivity index (χ1v) is 7.04. The largest absolute Gasteiger partial charge is 0.506 e. The van der Waals surface area contributed by atoms with Crippen molar-refractivity contribution in [3.05, 3.63) is 28.8 Å². The van der Waals surface area contributed by atoms with Crippen LogP contribution in [0.5, 0.6) is 5.75 Å². The van der Waals surface area contributed by atoms with E-state index in [2.05, 4.69) is 10.2 Å². The molecule has 0 aromatic heterocycles. The van der Waals surface area contributed by atoms with Crippen LogP contribution in [0.2, 0.25) is 5.02 Å². The number of fused-ring (bicyclic) bond motifs is 1. The predicted octanol–water partition coefficient (Wildman–Crippen LogP) is 2.23. The summed E-state index contributed by atoms with van der Waals surface area (Å²) in [5.41, 5.74) is 1.19. The Kier molecular flexibility index (Phi) is 3.46. The van der Waals surface area contributed by atoms with E-state index >= 15 is 0 Å². The van der Waals surface area contributed by atoms with Crippen molar-refractivity contribution < 1.29 is 5.11 Å². The van der Waals surface area contributed by atoms with Crippen molar-refractivity contribution in [3.63, 3.8) is 0 Å². The van der Waals surface area contributed by atoms with Gasteiger partial charge < -0.3 is 10.4 Å². The maximum absolute atomic E-state index is 9.44. The van der Waals surface area contributed by atoms with E-state index in [1.54, 1.807) is 6.07 Å². The average molecular weight is 267 g/mol. The Morgan fingerprint density at radius 1 is 1.39 bits per heavy atom. The molecule has 18 heavy (non-hydrogen) atoms. The number of likely N-dealkylation sites (tertiary alicyclic amines) is 1. The number of nitrogens with zero attached hydrogens (tertiary/aromatic N) is 1. The van der Waals surface area contributed by atoms with Gasteiger partial charge >= 0.3 is 0 Å². The van der Waals surface area contributed by atoms with Crippen LogP contribution in [0.3, 0.4) is 0 Å². The second kappa shape index (κ2) is 5.08. The summed E-state index contributed by atoms with van der Waals surface area (Å²) in [6, 6.07) is 6.20. The molecular weight excluding hydrogens is 248 g/mol. The molecule has 98 valence electrons. The predicted molar refractivity (Wildman–Crippen MR) is 72.9 cm³/mol. The SMILES string of the molecule is Oc1ccc(CN2CCCC3CNCC32)cc1Cl. The van der Waals surface area contributed by atoms with Crippen LogP contribution >= 0.6 is 11.6 Å². The summed E-state index contributed by atoms with van der Waals surface area (Å²) < 4.78 is 0. The Bertz CT molecular complexity index is 438. The molecule has 2 N–H and O–H groups in total. The van der Waals surface area contributed by atoms with Gasteiger partial charge in [-0.25, -0.2) is 0 Å². The van der Waals surface area contributed by atoms with Gasteiger partial charge in [0.2, 0.25) is 0 Å². The fraction of sp³-hybridized carbons (Fsp3) is 0.571. The number of piperidine rings is 1. The lowest BCUT2D eigenvalue weighted by molar-refractivity contribution is 0.117. The quantitative estimate of drug-likeness (QED) is 0.862. The van der Waals surface area contributed by atoms with Gasteiger partial charge in [0.15, 0.2) is 0 Å². The smallest absolute Gasteiger partial charge is 0.134 e. The number of nitrogens with one attached hydrogen (secondary N) is 1.